The summed E-state index contributed by atoms with van der Waals surface area (Å²) in [4.78, 5) is 31.0. The molecule has 5 heteroatoms. The smallest absolute Gasteiger partial charge is 0.317 e. The van der Waals surface area contributed by atoms with E-state index in [1.807, 2.05) is 105 Å². The molecule has 0 spiro atoms. The Bertz CT molecular complexity index is 1010. The Balaban J connectivity index is 2.16. The maximum Gasteiger partial charge on any atom is 0.317 e. The summed E-state index contributed by atoms with van der Waals surface area (Å²) in [5, 5.41) is 0. The summed E-state index contributed by atoms with van der Waals surface area (Å²) in [5.74, 6) is -2.23. The number of carbonyl (C=O) groups excluding carboxylic acids is 2. The zero-order chi connectivity index (χ0) is 24.0. The van der Waals surface area contributed by atoms with Gasteiger partial charge < -0.3 is 14.5 Å². The molecular formula is C28H32N2O3. The number of Topliss-reactive ketones (excluding diaryl/α,β-unsaturated/α-hetero) is 1. The predicted molar refractivity (Wildman–Crippen MR) is 134 cm³/mol. The van der Waals surface area contributed by atoms with E-state index in [1.165, 1.54) is 0 Å². The minimum Gasteiger partial charge on any atom is -0.465 e. The topological polar surface area (TPSA) is 49.9 Å². The van der Waals surface area contributed by atoms with Crippen LogP contribution in [-0.2, 0) is 9.53 Å². The third-order valence-corrected chi connectivity index (χ3v) is 5.75. The summed E-state index contributed by atoms with van der Waals surface area (Å²) in [7, 11) is 7.92. The van der Waals surface area contributed by atoms with E-state index < -0.39 is 17.8 Å². The molecule has 0 saturated heterocycles. The Morgan fingerprint density at radius 1 is 0.727 bits per heavy atom. The highest BCUT2D eigenvalue weighted by Crippen LogP contribution is 2.36. The summed E-state index contributed by atoms with van der Waals surface area (Å²) in [6.45, 7) is 1.97. The van der Waals surface area contributed by atoms with Crippen LogP contribution in [-0.4, -0.2) is 46.6 Å². The second-order valence-electron chi connectivity index (χ2n) is 8.41. The number of ketones is 1. The number of benzene rings is 3. The van der Waals surface area contributed by atoms with Crippen molar-refractivity contribution in [2.24, 2.45) is 5.92 Å². The Hall–Kier alpha value is -3.60. The minimum absolute atomic E-state index is 0.212. The molecule has 0 aromatic heterocycles. The van der Waals surface area contributed by atoms with E-state index in [1.54, 1.807) is 19.1 Å². The fraction of sp³-hybridized carbons (Fsp3) is 0.286. The molecule has 0 aliphatic heterocycles. The molecule has 0 heterocycles. The van der Waals surface area contributed by atoms with Crippen LogP contribution in [0.2, 0.25) is 0 Å². The van der Waals surface area contributed by atoms with E-state index in [2.05, 4.69) is 0 Å². The Morgan fingerprint density at radius 3 is 1.58 bits per heavy atom. The molecule has 3 rings (SSSR count). The van der Waals surface area contributed by atoms with Crippen molar-refractivity contribution in [1.29, 1.82) is 0 Å². The first kappa shape index (κ1) is 24.1. The van der Waals surface area contributed by atoms with Crippen LogP contribution in [0.1, 0.15) is 34.3 Å². The number of carbonyl (C=O) groups is 2. The zero-order valence-corrected chi connectivity index (χ0v) is 20.0. The van der Waals surface area contributed by atoms with Crippen molar-refractivity contribution in [3.05, 3.63) is 95.6 Å². The van der Waals surface area contributed by atoms with Gasteiger partial charge in [0.2, 0.25) is 0 Å². The summed E-state index contributed by atoms with van der Waals surface area (Å²) < 4.78 is 5.42. The average molecular weight is 445 g/mol. The molecule has 0 fully saturated rings. The molecule has 3 aromatic carbocycles. The van der Waals surface area contributed by atoms with E-state index in [0.717, 1.165) is 22.5 Å². The van der Waals surface area contributed by atoms with E-state index in [4.69, 9.17) is 4.74 Å². The summed E-state index contributed by atoms with van der Waals surface area (Å²) >= 11 is 0. The maximum atomic E-state index is 13.7. The second kappa shape index (κ2) is 10.8. The number of nitrogens with zero attached hydrogens (tertiary/aromatic N) is 2. The third kappa shape index (κ3) is 5.61. The molecule has 1 unspecified atom stereocenters. The Kier molecular flexibility index (Phi) is 7.88. The van der Waals surface area contributed by atoms with Crippen molar-refractivity contribution in [3.63, 3.8) is 0 Å². The average Bonchev–Trinajstić information content (AvgIpc) is 2.83. The first-order valence-electron chi connectivity index (χ1n) is 11.1. The zero-order valence-electron chi connectivity index (χ0n) is 20.0. The van der Waals surface area contributed by atoms with Crippen molar-refractivity contribution in [2.75, 3.05) is 44.6 Å². The lowest BCUT2D eigenvalue weighted by Crippen LogP contribution is -2.33. The quantitative estimate of drug-likeness (QED) is 0.264. The number of rotatable bonds is 9. The molecule has 0 amide bonds. The summed E-state index contributed by atoms with van der Waals surface area (Å²) in [5.41, 5.74) is 4.36. The van der Waals surface area contributed by atoms with Crippen molar-refractivity contribution in [1.82, 2.24) is 0 Å². The molecule has 0 bridgehead atoms. The van der Waals surface area contributed by atoms with Gasteiger partial charge in [-0.05, 0) is 42.3 Å². The highest BCUT2D eigenvalue weighted by atomic mass is 16.5. The van der Waals surface area contributed by atoms with Crippen LogP contribution < -0.4 is 9.80 Å². The number of ether oxygens (including phenoxy) is 1. The first-order chi connectivity index (χ1) is 15.8. The van der Waals surface area contributed by atoms with Crippen molar-refractivity contribution < 1.29 is 14.3 Å². The van der Waals surface area contributed by atoms with Crippen LogP contribution in [0.4, 0.5) is 11.4 Å². The van der Waals surface area contributed by atoms with Crippen LogP contribution >= 0.6 is 0 Å². The molecule has 33 heavy (non-hydrogen) atoms. The molecule has 0 N–H and O–H groups in total. The van der Waals surface area contributed by atoms with Crippen LogP contribution in [0.15, 0.2) is 78.9 Å². The molecule has 1 atom stereocenters. The van der Waals surface area contributed by atoms with E-state index in [-0.39, 0.29) is 12.4 Å². The maximum absolute atomic E-state index is 13.7. The van der Waals surface area contributed by atoms with E-state index in [9.17, 15) is 9.59 Å². The van der Waals surface area contributed by atoms with Crippen LogP contribution in [0.3, 0.4) is 0 Å². The number of esters is 1. The van der Waals surface area contributed by atoms with Gasteiger partial charge in [0.15, 0.2) is 5.78 Å². The van der Waals surface area contributed by atoms with Gasteiger partial charge in [0.1, 0.15) is 5.92 Å². The molecule has 0 aliphatic carbocycles. The van der Waals surface area contributed by atoms with Gasteiger partial charge in [0.05, 0.1) is 6.61 Å². The SMILES string of the molecule is CCOC(=O)C(C(=O)c1ccccc1)C(c1ccc(N(C)C)cc1)c1ccc(N(C)C)cc1. The van der Waals surface area contributed by atoms with E-state index >= 15 is 0 Å². The lowest BCUT2D eigenvalue weighted by molar-refractivity contribution is -0.146. The third-order valence-electron chi connectivity index (χ3n) is 5.75. The standard InChI is InChI=1S/C28H32N2O3/c1-6-33-28(32)26(27(31)22-10-8-7-9-11-22)25(20-12-16-23(17-13-20)29(2)3)21-14-18-24(19-15-21)30(4)5/h7-19,25-26H,6H2,1-5H3. The molecular weight excluding hydrogens is 412 g/mol. The summed E-state index contributed by atoms with van der Waals surface area (Å²) in [6, 6.07) is 24.9. The lowest BCUT2D eigenvalue weighted by atomic mass is 9.77. The highest BCUT2D eigenvalue weighted by Gasteiger charge is 2.38. The van der Waals surface area contributed by atoms with Gasteiger partial charge in [-0.3, -0.25) is 9.59 Å². The predicted octanol–water partition coefficient (Wildman–Crippen LogP) is 5.01. The van der Waals surface area contributed by atoms with Crippen molar-refractivity contribution in [2.45, 2.75) is 12.8 Å². The fourth-order valence-corrected chi connectivity index (χ4v) is 3.95. The van der Waals surface area contributed by atoms with Crippen molar-refractivity contribution in [3.8, 4) is 0 Å². The molecule has 3 aromatic rings. The van der Waals surface area contributed by atoms with E-state index in [0.29, 0.717) is 5.56 Å². The Morgan fingerprint density at radius 2 is 1.18 bits per heavy atom. The lowest BCUT2D eigenvalue weighted by Gasteiger charge is -2.27. The minimum atomic E-state index is -0.997. The molecule has 172 valence electrons. The van der Waals surface area contributed by atoms with Gasteiger partial charge in [-0.2, -0.15) is 0 Å². The fourth-order valence-electron chi connectivity index (χ4n) is 3.95. The summed E-state index contributed by atoms with van der Waals surface area (Å²) in [6.07, 6.45) is 0. The van der Waals surface area contributed by atoms with Gasteiger partial charge in [-0.15, -0.1) is 0 Å². The molecule has 5 nitrogen and oxygen atoms in total. The van der Waals surface area contributed by atoms with Gasteiger partial charge >= 0.3 is 5.97 Å². The monoisotopic (exact) mass is 444 g/mol. The molecule has 0 aliphatic rings. The van der Waals surface area contributed by atoms with Gasteiger partial charge in [-0.1, -0.05) is 54.6 Å². The molecule has 0 radical (unpaired) electrons. The van der Waals surface area contributed by atoms with Gasteiger partial charge in [0.25, 0.3) is 0 Å². The molecule has 0 saturated carbocycles. The second-order valence-corrected chi connectivity index (χ2v) is 8.41. The Labute approximate surface area is 196 Å². The van der Waals surface area contributed by atoms with Gasteiger partial charge in [-0.25, -0.2) is 0 Å². The van der Waals surface area contributed by atoms with Gasteiger partial charge in [0, 0.05) is 51.0 Å². The van der Waals surface area contributed by atoms with Crippen LogP contribution in [0.25, 0.3) is 0 Å². The number of anilines is 2. The van der Waals surface area contributed by atoms with Crippen LogP contribution in [0.5, 0.6) is 0 Å². The number of hydrogen-bond donors (Lipinski definition) is 0. The van der Waals surface area contributed by atoms with Crippen molar-refractivity contribution >= 4 is 23.1 Å². The highest BCUT2D eigenvalue weighted by molar-refractivity contribution is 6.09. The van der Waals surface area contributed by atoms with Crippen LogP contribution in [0, 0.1) is 5.92 Å². The number of hydrogen-bond acceptors (Lipinski definition) is 5. The normalized spacial score (nSPS) is 11.7. The largest absolute Gasteiger partial charge is 0.465 e. The first-order valence-corrected chi connectivity index (χ1v) is 11.1.